The average Bonchev–Trinajstić information content (AvgIpc) is 2.62. The topological polar surface area (TPSA) is 52.7 Å². The van der Waals surface area contributed by atoms with Crippen LogP contribution in [0.5, 0.6) is 0 Å². The monoisotopic (exact) mass is 327 g/mol. The fourth-order valence-electron chi connectivity index (χ4n) is 4.65. The van der Waals surface area contributed by atoms with Gasteiger partial charge in [0.05, 0.1) is 5.92 Å². The van der Waals surface area contributed by atoms with Crippen LogP contribution >= 0.6 is 0 Å². The number of hydrogen-bond acceptors (Lipinski definition) is 3. The fourth-order valence-corrected chi connectivity index (χ4v) is 4.65. The number of carbonyl (C=O) groups is 2. The van der Waals surface area contributed by atoms with Crippen molar-refractivity contribution in [3.05, 3.63) is 29.8 Å². The molecule has 3 unspecified atom stereocenters. The standard InChI is InChI=1S/C19H25N3O2/c1-21-12-9-15(14-6-2-3-7-16(14)21)19(24)22-11-4-5-13-8-10-20-18(23)17(13)22/h2-3,6-7,13,15,17H,4-5,8-12H2,1H3,(H,20,23). The molecule has 128 valence electrons. The van der Waals surface area contributed by atoms with Crippen LogP contribution in [-0.4, -0.2) is 49.4 Å². The number of anilines is 1. The first-order valence-corrected chi connectivity index (χ1v) is 9.05. The van der Waals surface area contributed by atoms with Gasteiger partial charge in [0.15, 0.2) is 0 Å². The maximum absolute atomic E-state index is 13.4. The van der Waals surface area contributed by atoms with Crippen molar-refractivity contribution in [3.8, 4) is 0 Å². The van der Waals surface area contributed by atoms with E-state index in [1.807, 2.05) is 17.0 Å². The molecule has 3 atom stereocenters. The van der Waals surface area contributed by atoms with E-state index in [9.17, 15) is 9.59 Å². The van der Waals surface area contributed by atoms with E-state index in [0.29, 0.717) is 12.5 Å². The van der Waals surface area contributed by atoms with Gasteiger partial charge in [0.25, 0.3) is 0 Å². The zero-order valence-electron chi connectivity index (χ0n) is 14.2. The molecule has 3 aliphatic heterocycles. The number of benzene rings is 1. The molecule has 1 aromatic carbocycles. The lowest BCUT2D eigenvalue weighted by atomic mass is 9.81. The van der Waals surface area contributed by atoms with E-state index in [4.69, 9.17) is 0 Å². The Kier molecular flexibility index (Phi) is 3.94. The van der Waals surface area contributed by atoms with Gasteiger partial charge in [-0.1, -0.05) is 18.2 Å². The molecule has 3 aliphatic rings. The van der Waals surface area contributed by atoms with Crippen molar-refractivity contribution in [2.45, 2.75) is 37.6 Å². The van der Waals surface area contributed by atoms with Gasteiger partial charge < -0.3 is 15.1 Å². The van der Waals surface area contributed by atoms with Crippen molar-refractivity contribution in [2.75, 3.05) is 31.6 Å². The van der Waals surface area contributed by atoms with Crippen LogP contribution in [0.25, 0.3) is 0 Å². The first-order valence-electron chi connectivity index (χ1n) is 9.05. The van der Waals surface area contributed by atoms with Crippen molar-refractivity contribution >= 4 is 17.5 Å². The van der Waals surface area contributed by atoms with Crippen LogP contribution in [0.4, 0.5) is 5.69 Å². The number of likely N-dealkylation sites (tertiary alicyclic amines) is 1. The Morgan fingerprint density at radius 3 is 2.88 bits per heavy atom. The minimum absolute atomic E-state index is 0.0421. The van der Waals surface area contributed by atoms with Gasteiger partial charge in [-0.25, -0.2) is 0 Å². The smallest absolute Gasteiger partial charge is 0.243 e. The third-order valence-electron chi connectivity index (χ3n) is 5.90. The largest absolute Gasteiger partial charge is 0.374 e. The molecule has 1 N–H and O–H groups in total. The summed E-state index contributed by atoms with van der Waals surface area (Å²) in [7, 11) is 2.07. The van der Waals surface area contributed by atoms with Gasteiger partial charge in [0.1, 0.15) is 6.04 Å². The second-order valence-electron chi connectivity index (χ2n) is 7.28. The normalized spacial score (nSPS) is 29.5. The van der Waals surface area contributed by atoms with E-state index in [1.165, 1.54) is 0 Å². The van der Waals surface area contributed by atoms with Gasteiger partial charge in [-0.15, -0.1) is 0 Å². The van der Waals surface area contributed by atoms with E-state index in [1.54, 1.807) is 0 Å². The summed E-state index contributed by atoms with van der Waals surface area (Å²) in [4.78, 5) is 29.9. The Labute approximate surface area is 143 Å². The highest BCUT2D eigenvalue weighted by Crippen LogP contribution is 2.38. The number of nitrogens with one attached hydrogen (secondary N) is 1. The summed E-state index contributed by atoms with van der Waals surface area (Å²) in [5.74, 6) is 0.395. The lowest BCUT2D eigenvalue weighted by molar-refractivity contribution is -0.148. The molecule has 2 saturated heterocycles. The summed E-state index contributed by atoms with van der Waals surface area (Å²) in [5.41, 5.74) is 2.25. The zero-order valence-corrected chi connectivity index (χ0v) is 14.2. The fraction of sp³-hybridized carbons (Fsp3) is 0.579. The molecule has 1 aromatic rings. The van der Waals surface area contributed by atoms with E-state index in [2.05, 4.69) is 29.4 Å². The predicted octanol–water partition coefficient (Wildman–Crippen LogP) is 1.74. The number of piperidine rings is 2. The van der Waals surface area contributed by atoms with Gasteiger partial charge in [-0.05, 0) is 43.2 Å². The van der Waals surface area contributed by atoms with Gasteiger partial charge in [-0.3, -0.25) is 9.59 Å². The minimum atomic E-state index is -0.258. The van der Waals surface area contributed by atoms with E-state index in [0.717, 1.165) is 50.0 Å². The van der Waals surface area contributed by atoms with Crippen LogP contribution in [0.2, 0.25) is 0 Å². The molecule has 0 aliphatic carbocycles. The van der Waals surface area contributed by atoms with Crippen molar-refractivity contribution in [1.82, 2.24) is 10.2 Å². The number of nitrogens with zero attached hydrogens (tertiary/aromatic N) is 2. The summed E-state index contributed by atoms with van der Waals surface area (Å²) in [6, 6.07) is 7.92. The summed E-state index contributed by atoms with van der Waals surface area (Å²) in [6.07, 6.45) is 3.88. The number of para-hydroxylation sites is 1. The van der Waals surface area contributed by atoms with Crippen LogP contribution < -0.4 is 10.2 Å². The van der Waals surface area contributed by atoms with Crippen LogP contribution in [0.15, 0.2) is 24.3 Å². The summed E-state index contributed by atoms with van der Waals surface area (Å²) in [6.45, 7) is 2.34. The molecule has 24 heavy (non-hydrogen) atoms. The summed E-state index contributed by atoms with van der Waals surface area (Å²) >= 11 is 0. The molecular weight excluding hydrogens is 302 g/mol. The number of amides is 2. The first kappa shape index (κ1) is 15.5. The third kappa shape index (κ3) is 2.46. The molecule has 0 radical (unpaired) electrons. The van der Waals surface area contributed by atoms with Crippen LogP contribution in [-0.2, 0) is 9.59 Å². The van der Waals surface area contributed by atoms with E-state index >= 15 is 0 Å². The molecule has 5 heteroatoms. The molecule has 0 spiro atoms. The van der Waals surface area contributed by atoms with Crippen molar-refractivity contribution < 1.29 is 9.59 Å². The molecule has 0 bridgehead atoms. The lowest BCUT2D eigenvalue weighted by Gasteiger charge is -2.45. The molecule has 0 saturated carbocycles. The Morgan fingerprint density at radius 1 is 1.17 bits per heavy atom. The molecule has 2 amide bonds. The SMILES string of the molecule is CN1CCC(C(=O)N2CCCC3CCNC(=O)C32)c2ccccc21. The van der Waals surface area contributed by atoms with E-state index < -0.39 is 0 Å². The van der Waals surface area contributed by atoms with Crippen LogP contribution in [0, 0.1) is 5.92 Å². The Morgan fingerprint density at radius 2 is 2.00 bits per heavy atom. The number of carbonyl (C=O) groups excluding carboxylic acids is 2. The van der Waals surface area contributed by atoms with E-state index in [-0.39, 0.29) is 23.8 Å². The maximum atomic E-state index is 13.4. The summed E-state index contributed by atoms with van der Waals surface area (Å²) in [5, 5.41) is 2.95. The van der Waals surface area contributed by atoms with Crippen LogP contribution in [0.1, 0.15) is 37.2 Å². The number of rotatable bonds is 1. The first-order chi connectivity index (χ1) is 11.7. The second kappa shape index (κ2) is 6.11. The Bertz CT molecular complexity index is 658. The third-order valence-corrected chi connectivity index (χ3v) is 5.90. The van der Waals surface area contributed by atoms with Crippen molar-refractivity contribution in [1.29, 1.82) is 0 Å². The highest BCUT2D eigenvalue weighted by Gasteiger charge is 2.43. The number of hydrogen-bond donors (Lipinski definition) is 1. The molecular formula is C19H25N3O2. The van der Waals surface area contributed by atoms with Gasteiger partial charge in [0.2, 0.25) is 11.8 Å². The number of fused-ring (bicyclic) bond motifs is 2. The molecule has 5 nitrogen and oxygen atoms in total. The van der Waals surface area contributed by atoms with Crippen molar-refractivity contribution in [2.24, 2.45) is 5.92 Å². The predicted molar refractivity (Wildman–Crippen MR) is 92.9 cm³/mol. The van der Waals surface area contributed by atoms with Gasteiger partial charge >= 0.3 is 0 Å². The highest BCUT2D eigenvalue weighted by atomic mass is 16.2. The molecule has 0 aromatic heterocycles. The lowest BCUT2D eigenvalue weighted by Crippen LogP contribution is -2.60. The molecule has 3 heterocycles. The highest BCUT2D eigenvalue weighted by molar-refractivity contribution is 5.92. The molecule has 4 rings (SSSR count). The van der Waals surface area contributed by atoms with Gasteiger partial charge in [-0.2, -0.15) is 0 Å². The second-order valence-corrected chi connectivity index (χ2v) is 7.28. The Hall–Kier alpha value is -2.04. The Balaban J connectivity index is 1.64. The average molecular weight is 327 g/mol. The maximum Gasteiger partial charge on any atom is 0.243 e. The zero-order chi connectivity index (χ0) is 16.7. The minimum Gasteiger partial charge on any atom is -0.374 e. The summed E-state index contributed by atoms with van der Waals surface area (Å²) < 4.78 is 0. The molecule has 2 fully saturated rings. The van der Waals surface area contributed by atoms with Crippen molar-refractivity contribution in [3.63, 3.8) is 0 Å². The van der Waals surface area contributed by atoms with Crippen LogP contribution in [0.3, 0.4) is 0 Å². The van der Waals surface area contributed by atoms with Gasteiger partial charge in [0, 0.05) is 32.4 Å². The quantitative estimate of drug-likeness (QED) is 0.855.